The molecule has 140 valence electrons. The molecule has 0 radical (unpaired) electrons. The van der Waals surface area contributed by atoms with Crippen LogP contribution in [-0.2, 0) is 21.2 Å². The molecule has 0 bridgehead atoms. The van der Waals surface area contributed by atoms with Gasteiger partial charge < -0.3 is 15.4 Å². The summed E-state index contributed by atoms with van der Waals surface area (Å²) < 4.78 is 28.5. The third-order valence-corrected chi connectivity index (χ3v) is 7.11. The Labute approximate surface area is 153 Å². The van der Waals surface area contributed by atoms with E-state index in [1.54, 1.807) is 7.11 Å². The van der Waals surface area contributed by atoms with E-state index in [0.717, 1.165) is 28.3 Å². The van der Waals surface area contributed by atoms with Gasteiger partial charge in [0.1, 0.15) is 5.75 Å². The van der Waals surface area contributed by atoms with Crippen molar-refractivity contribution in [1.29, 1.82) is 0 Å². The third kappa shape index (κ3) is 3.54. The first-order chi connectivity index (χ1) is 12.4. The van der Waals surface area contributed by atoms with Gasteiger partial charge in [0.15, 0.2) is 14.6 Å². The molecule has 1 saturated heterocycles. The van der Waals surface area contributed by atoms with E-state index < -0.39 is 20.5 Å². The van der Waals surface area contributed by atoms with Gasteiger partial charge in [0.2, 0.25) is 5.91 Å². The van der Waals surface area contributed by atoms with E-state index >= 15 is 0 Å². The summed E-state index contributed by atoms with van der Waals surface area (Å²) in [4.78, 5) is 12.8. The second-order valence-corrected chi connectivity index (χ2v) is 9.07. The SMILES string of the molecule is COc1ccc2cc(CNC(=O)C3(S(C)(=O)=O)CCNCC3)ccc2c1. The van der Waals surface area contributed by atoms with Crippen molar-refractivity contribution in [1.82, 2.24) is 10.6 Å². The quantitative estimate of drug-likeness (QED) is 0.829. The third-order valence-electron chi connectivity index (χ3n) is 5.10. The molecule has 1 heterocycles. The topological polar surface area (TPSA) is 84.5 Å². The van der Waals surface area contributed by atoms with Gasteiger partial charge in [-0.3, -0.25) is 4.79 Å². The van der Waals surface area contributed by atoms with Crippen LogP contribution in [-0.4, -0.2) is 45.5 Å². The van der Waals surface area contributed by atoms with Gasteiger partial charge in [-0.05, 0) is 60.5 Å². The highest BCUT2D eigenvalue weighted by Crippen LogP contribution is 2.28. The number of piperidine rings is 1. The van der Waals surface area contributed by atoms with Crippen LogP contribution in [0.4, 0.5) is 0 Å². The highest BCUT2D eigenvalue weighted by atomic mass is 32.2. The van der Waals surface area contributed by atoms with Gasteiger partial charge in [-0.25, -0.2) is 8.42 Å². The lowest BCUT2D eigenvalue weighted by Gasteiger charge is -2.34. The first-order valence-corrected chi connectivity index (χ1v) is 10.5. The highest BCUT2D eigenvalue weighted by molar-refractivity contribution is 7.92. The van der Waals surface area contributed by atoms with Gasteiger partial charge in [-0.2, -0.15) is 0 Å². The summed E-state index contributed by atoms with van der Waals surface area (Å²) in [7, 11) is -1.87. The molecule has 0 aliphatic carbocycles. The first-order valence-electron chi connectivity index (χ1n) is 8.61. The van der Waals surface area contributed by atoms with Crippen molar-refractivity contribution in [3.63, 3.8) is 0 Å². The monoisotopic (exact) mass is 376 g/mol. The highest BCUT2D eigenvalue weighted by Gasteiger charge is 2.48. The van der Waals surface area contributed by atoms with Crippen LogP contribution in [0.5, 0.6) is 5.75 Å². The Kier molecular flexibility index (Phi) is 5.20. The van der Waals surface area contributed by atoms with Crippen LogP contribution in [0.25, 0.3) is 10.8 Å². The standard InChI is InChI=1S/C19H24N2O4S/c1-25-17-6-5-15-11-14(3-4-16(15)12-17)13-21-18(22)19(26(2,23)24)7-9-20-10-8-19/h3-6,11-12,20H,7-10,13H2,1-2H3,(H,21,22). The molecule has 1 fully saturated rings. The van der Waals surface area contributed by atoms with Crippen molar-refractivity contribution < 1.29 is 17.9 Å². The number of benzene rings is 2. The normalized spacial score (nSPS) is 17.0. The Morgan fingerprint density at radius 3 is 2.46 bits per heavy atom. The summed E-state index contributed by atoms with van der Waals surface area (Å²) in [6, 6.07) is 11.7. The molecule has 6 nitrogen and oxygen atoms in total. The zero-order valence-electron chi connectivity index (χ0n) is 15.0. The minimum absolute atomic E-state index is 0.297. The molecular weight excluding hydrogens is 352 g/mol. The van der Waals surface area contributed by atoms with E-state index in [4.69, 9.17) is 4.74 Å². The molecule has 1 amide bonds. The second kappa shape index (κ2) is 7.25. The fourth-order valence-electron chi connectivity index (χ4n) is 3.45. The maximum absolute atomic E-state index is 12.8. The lowest BCUT2D eigenvalue weighted by molar-refractivity contribution is -0.124. The van der Waals surface area contributed by atoms with Gasteiger partial charge in [-0.1, -0.05) is 18.2 Å². The minimum Gasteiger partial charge on any atom is -0.497 e. The Morgan fingerprint density at radius 2 is 1.81 bits per heavy atom. The van der Waals surface area contributed by atoms with Gasteiger partial charge >= 0.3 is 0 Å². The summed E-state index contributed by atoms with van der Waals surface area (Å²) in [6.45, 7) is 1.35. The molecule has 0 aromatic heterocycles. The Morgan fingerprint density at radius 1 is 1.15 bits per heavy atom. The summed E-state index contributed by atoms with van der Waals surface area (Å²) in [6.07, 6.45) is 1.76. The van der Waals surface area contributed by atoms with Gasteiger partial charge in [0, 0.05) is 12.8 Å². The van der Waals surface area contributed by atoms with Crippen molar-refractivity contribution in [2.45, 2.75) is 24.1 Å². The number of nitrogens with one attached hydrogen (secondary N) is 2. The summed E-state index contributed by atoms with van der Waals surface area (Å²) in [5, 5.41) is 8.03. The maximum Gasteiger partial charge on any atom is 0.241 e. The van der Waals surface area contributed by atoms with Crippen LogP contribution >= 0.6 is 0 Å². The smallest absolute Gasteiger partial charge is 0.241 e. The van der Waals surface area contributed by atoms with E-state index in [1.165, 1.54) is 0 Å². The van der Waals surface area contributed by atoms with E-state index in [-0.39, 0.29) is 0 Å². The van der Waals surface area contributed by atoms with Crippen LogP contribution in [0.15, 0.2) is 36.4 Å². The number of carbonyl (C=O) groups is 1. The van der Waals surface area contributed by atoms with Crippen LogP contribution in [0, 0.1) is 0 Å². The molecule has 2 aromatic carbocycles. The van der Waals surface area contributed by atoms with E-state index in [2.05, 4.69) is 10.6 Å². The second-order valence-electron chi connectivity index (χ2n) is 6.75. The lowest BCUT2D eigenvalue weighted by atomic mass is 9.95. The number of carbonyl (C=O) groups excluding carboxylic acids is 1. The molecule has 26 heavy (non-hydrogen) atoms. The number of hydrogen-bond donors (Lipinski definition) is 2. The molecule has 0 saturated carbocycles. The fraction of sp³-hybridized carbons (Fsp3) is 0.421. The minimum atomic E-state index is -3.50. The molecule has 7 heteroatoms. The van der Waals surface area contributed by atoms with Gasteiger partial charge in [0.25, 0.3) is 0 Å². The van der Waals surface area contributed by atoms with Gasteiger partial charge in [-0.15, -0.1) is 0 Å². The fourth-order valence-corrected chi connectivity index (χ4v) is 4.81. The first kappa shape index (κ1) is 18.7. The van der Waals surface area contributed by atoms with Crippen molar-refractivity contribution in [2.75, 3.05) is 26.5 Å². The largest absolute Gasteiger partial charge is 0.497 e. The average Bonchev–Trinajstić information content (AvgIpc) is 2.65. The zero-order chi connectivity index (χ0) is 18.8. The van der Waals surface area contributed by atoms with Crippen molar-refractivity contribution in [3.05, 3.63) is 42.0 Å². The molecule has 0 atom stereocenters. The number of amides is 1. The number of hydrogen-bond acceptors (Lipinski definition) is 5. The predicted molar refractivity (Wildman–Crippen MR) is 102 cm³/mol. The summed E-state index contributed by atoms with van der Waals surface area (Å²) >= 11 is 0. The van der Waals surface area contributed by atoms with Crippen molar-refractivity contribution >= 4 is 26.5 Å². The lowest BCUT2D eigenvalue weighted by Crippen LogP contribution is -2.57. The summed E-state index contributed by atoms with van der Waals surface area (Å²) in [5.74, 6) is 0.385. The Balaban J connectivity index is 1.77. The van der Waals surface area contributed by atoms with Crippen molar-refractivity contribution in [3.8, 4) is 5.75 Å². The molecule has 1 aliphatic heterocycles. The molecule has 0 spiro atoms. The van der Waals surface area contributed by atoms with Crippen LogP contribution in [0.2, 0.25) is 0 Å². The van der Waals surface area contributed by atoms with E-state index in [9.17, 15) is 13.2 Å². The molecule has 2 aromatic rings. The number of fused-ring (bicyclic) bond motifs is 1. The Hall–Kier alpha value is -2.12. The van der Waals surface area contributed by atoms with Crippen molar-refractivity contribution in [2.24, 2.45) is 0 Å². The molecule has 2 N–H and O–H groups in total. The number of rotatable bonds is 5. The number of sulfone groups is 1. The maximum atomic E-state index is 12.8. The van der Waals surface area contributed by atoms with Crippen LogP contribution < -0.4 is 15.4 Å². The average molecular weight is 376 g/mol. The molecule has 1 aliphatic rings. The summed E-state index contributed by atoms with van der Waals surface area (Å²) in [5.41, 5.74) is 0.925. The number of methoxy groups -OCH3 is 1. The van der Waals surface area contributed by atoms with Crippen LogP contribution in [0.1, 0.15) is 18.4 Å². The zero-order valence-corrected chi connectivity index (χ0v) is 15.9. The van der Waals surface area contributed by atoms with E-state index in [0.29, 0.717) is 32.5 Å². The van der Waals surface area contributed by atoms with E-state index in [1.807, 2.05) is 36.4 Å². The van der Waals surface area contributed by atoms with Crippen LogP contribution in [0.3, 0.4) is 0 Å². The molecule has 3 rings (SSSR count). The number of ether oxygens (including phenoxy) is 1. The molecule has 0 unspecified atom stereocenters. The Bertz CT molecular complexity index is 918. The molecular formula is C19H24N2O4S. The van der Waals surface area contributed by atoms with Gasteiger partial charge in [0.05, 0.1) is 7.11 Å². The predicted octanol–water partition coefficient (Wildman–Crippen LogP) is 1.63.